The minimum absolute atomic E-state index is 0.818. The Balaban J connectivity index is 1.93. The van der Waals surface area contributed by atoms with Gasteiger partial charge in [-0.2, -0.15) is 0 Å². The van der Waals surface area contributed by atoms with E-state index in [9.17, 15) is 0 Å². The fraction of sp³-hybridized carbons (Fsp3) is 0.176. The van der Waals surface area contributed by atoms with Crippen molar-refractivity contribution in [3.05, 3.63) is 79.6 Å². The smallest absolute Gasteiger partial charge is 0.165 e. The number of hydrogen-bond acceptors (Lipinski definition) is 2. The summed E-state index contributed by atoms with van der Waals surface area (Å²) in [5.41, 5.74) is 3.80. The third-order valence-electron chi connectivity index (χ3n) is 3.46. The third kappa shape index (κ3) is 3.61. The lowest BCUT2D eigenvalue weighted by molar-refractivity contribution is 0.262. The van der Waals surface area contributed by atoms with Gasteiger partial charge >= 0.3 is 0 Å². The highest BCUT2D eigenvalue weighted by Crippen LogP contribution is 2.31. The van der Waals surface area contributed by atoms with E-state index in [1.165, 1.54) is 20.3 Å². The SMILES string of the molecule is Brc1ccc(I)cc1CC1=C(C2=COC=CO2)CCC=C1. The number of halogens is 2. The van der Waals surface area contributed by atoms with Gasteiger partial charge in [0.15, 0.2) is 5.76 Å². The molecule has 0 unspecified atom stereocenters. The minimum Gasteiger partial charge on any atom is -0.466 e. The second kappa shape index (κ2) is 6.83. The van der Waals surface area contributed by atoms with Gasteiger partial charge in [-0.25, -0.2) is 0 Å². The summed E-state index contributed by atoms with van der Waals surface area (Å²) in [5, 5.41) is 0. The monoisotopic (exact) mass is 456 g/mol. The van der Waals surface area contributed by atoms with Crippen LogP contribution in [0.1, 0.15) is 18.4 Å². The van der Waals surface area contributed by atoms with E-state index >= 15 is 0 Å². The van der Waals surface area contributed by atoms with E-state index in [-0.39, 0.29) is 0 Å². The third-order valence-corrected chi connectivity index (χ3v) is 4.90. The summed E-state index contributed by atoms with van der Waals surface area (Å²) in [4.78, 5) is 0. The normalized spacial score (nSPS) is 17.3. The van der Waals surface area contributed by atoms with Crippen molar-refractivity contribution >= 4 is 38.5 Å². The molecular weight excluding hydrogens is 443 g/mol. The zero-order valence-electron chi connectivity index (χ0n) is 11.3. The number of ether oxygens (including phenoxy) is 2. The van der Waals surface area contributed by atoms with Crippen molar-refractivity contribution in [2.75, 3.05) is 0 Å². The Hall–Kier alpha value is -1.01. The van der Waals surface area contributed by atoms with Crippen molar-refractivity contribution in [2.45, 2.75) is 19.3 Å². The highest BCUT2D eigenvalue weighted by atomic mass is 127. The lowest BCUT2D eigenvalue weighted by Crippen LogP contribution is -2.05. The lowest BCUT2D eigenvalue weighted by atomic mass is 9.92. The first-order chi connectivity index (χ1) is 10.2. The summed E-state index contributed by atoms with van der Waals surface area (Å²) in [5.74, 6) is 0.818. The van der Waals surface area contributed by atoms with E-state index in [0.717, 1.165) is 29.5 Å². The maximum Gasteiger partial charge on any atom is 0.165 e. The Labute approximate surface area is 146 Å². The summed E-state index contributed by atoms with van der Waals surface area (Å²) in [6.07, 6.45) is 12.1. The van der Waals surface area contributed by atoms with Crippen molar-refractivity contribution in [1.29, 1.82) is 0 Å². The molecule has 1 aromatic carbocycles. The maximum absolute atomic E-state index is 5.59. The van der Waals surface area contributed by atoms with E-state index in [4.69, 9.17) is 9.47 Å². The quantitative estimate of drug-likeness (QED) is 0.551. The molecule has 3 rings (SSSR count). The maximum atomic E-state index is 5.59. The fourth-order valence-corrected chi connectivity index (χ4v) is 3.39. The number of rotatable bonds is 3. The molecule has 0 amide bonds. The van der Waals surface area contributed by atoms with Gasteiger partial charge in [-0.15, -0.1) is 0 Å². The van der Waals surface area contributed by atoms with E-state index in [1.807, 2.05) is 0 Å². The van der Waals surface area contributed by atoms with Crippen LogP contribution in [0.5, 0.6) is 0 Å². The summed E-state index contributed by atoms with van der Waals surface area (Å²) in [7, 11) is 0. The van der Waals surface area contributed by atoms with Gasteiger partial charge in [0.1, 0.15) is 18.8 Å². The fourth-order valence-electron chi connectivity index (χ4n) is 2.45. The molecule has 0 fully saturated rings. The molecule has 0 saturated carbocycles. The number of allylic oxidation sites excluding steroid dienone is 4. The van der Waals surface area contributed by atoms with Gasteiger partial charge in [0, 0.05) is 13.6 Å². The first kappa shape index (κ1) is 14.9. The van der Waals surface area contributed by atoms with Gasteiger partial charge < -0.3 is 9.47 Å². The lowest BCUT2D eigenvalue weighted by Gasteiger charge is -2.20. The molecule has 4 heteroatoms. The van der Waals surface area contributed by atoms with Crippen LogP contribution < -0.4 is 0 Å². The van der Waals surface area contributed by atoms with Crippen molar-refractivity contribution in [3.8, 4) is 0 Å². The summed E-state index contributed by atoms with van der Waals surface area (Å²) < 4.78 is 13.2. The van der Waals surface area contributed by atoms with Gasteiger partial charge in [0.25, 0.3) is 0 Å². The van der Waals surface area contributed by atoms with Crippen LogP contribution in [0, 0.1) is 3.57 Å². The average Bonchev–Trinajstić information content (AvgIpc) is 2.52. The molecule has 1 aromatic rings. The van der Waals surface area contributed by atoms with E-state index in [0.29, 0.717) is 0 Å². The van der Waals surface area contributed by atoms with Crippen molar-refractivity contribution < 1.29 is 9.47 Å². The molecule has 2 aliphatic rings. The first-order valence-corrected chi connectivity index (χ1v) is 8.61. The van der Waals surface area contributed by atoms with Crippen LogP contribution in [0.15, 0.2) is 70.5 Å². The van der Waals surface area contributed by atoms with Crippen molar-refractivity contribution in [1.82, 2.24) is 0 Å². The Kier molecular flexibility index (Phi) is 4.85. The van der Waals surface area contributed by atoms with Crippen LogP contribution in [0.2, 0.25) is 0 Å². The van der Waals surface area contributed by atoms with E-state index in [2.05, 4.69) is 68.9 Å². The Morgan fingerprint density at radius 2 is 2.14 bits per heavy atom. The number of hydrogen-bond donors (Lipinski definition) is 0. The highest BCUT2D eigenvalue weighted by Gasteiger charge is 2.17. The molecule has 0 radical (unpaired) electrons. The van der Waals surface area contributed by atoms with E-state index in [1.54, 1.807) is 18.8 Å². The van der Waals surface area contributed by atoms with Crippen molar-refractivity contribution in [3.63, 3.8) is 0 Å². The van der Waals surface area contributed by atoms with Gasteiger partial charge in [-0.05, 0) is 71.2 Å². The molecule has 1 heterocycles. The zero-order chi connectivity index (χ0) is 14.7. The summed E-state index contributed by atoms with van der Waals surface area (Å²) >= 11 is 5.99. The molecule has 1 aliphatic heterocycles. The molecule has 21 heavy (non-hydrogen) atoms. The first-order valence-electron chi connectivity index (χ1n) is 6.74. The molecule has 0 bridgehead atoms. The van der Waals surface area contributed by atoms with E-state index < -0.39 is 0 Å². The van der Waals surface area contributed by atoms with Gasteiger partial charge in [0.05, 0.1) is 0 Å². The van der Waals surface area contributed by atoms with Gasteiger partial charge in [-0.1, -0.05) is 28.1 Å². The molecule has 108 valence electrons. The zero-order valence-corrected chi connectivity index (χ0v) is 15.1. The highest BCUT2D eigenvalue weighted by molar-refractivity contribution is 14.1. The second-order valence-electron chi connectivity index (χ2n) is 4.87. The van der Waals surface area contributed by atoms with Gasteiger partial charge in [-0.3, -0.25) is 0 Å². The van der Waals surface area contributed by atoms with Gasteiger partial charge in [0.2, 0.25) is 0 Å². The van der Waals surface area contributed by atoms with Crippen LogP contribution in [-0.4, -0.2) is 0 Å². The topological polar surface area (TPSA) is 18.5 Å². The summed E-state index contributed by atoms with van der Waals surface area (Å²) in [6.45, 7) is 0. The van der Waals surface area contributed by atoms with Crippen LogP contribution >= 0.6 is 38.5 Å². The Morgan fingerprint density at radius 1 is 1.24 bits per heavy atom. The molecule has 0 atom stereocenters. The second-order valence-corrected chi connectivity index (χ2v) is 6.97. The molecule has 0 spiro atoms. The van der Waals surface area contributed by atoms with Crippen molar-refractivity contribution in [2.24, 2.45) is 0 Å². The molecule has 2 nitrogen and oxygen atoms in total. The molecule has 0 aromatic heterocycles. The van der Waals surface area contributed by atoms with Crippen LogP contribution in [-0.2, 0) is 15.9 Å². The van der Waals surface area contributed by atoms with Crippen LogP contribution in [0.3, 0.4) is 0 Å². The molecular formula is C17H14BrIO2. The summed E-state index contributed by atoms with van der Waals surface area (Å²) in [6, 6.07) is 6.42. The molecule has 0 N–H and O–H groups in total. The predicted molar refractivity (Wildman–Crippen MR) is 95.4 cm³/mol. The molecule has 0 saturated heterocycles. The van der Waals surface area contributed by atoms with Crippen LogP contribution in [0.4, 0.5) is 0 Å². The predicted octanol–water partition coefficient (Wildman–Crippen LogP) is 5.60. The largest absolute Gasteiger partial charge is 0.466 e. The number of benzene rings is 1. The van der Waals surface area contributed by atoms with Crippen LogP contribution in [0.25, 0.3) is 0 Å². The standard InChI is InChI=1S/C17H14BrIO2/c18-16-6-5-14(19)10-13(16)9-12-3-1-2-4-15(12)17-11-20-7-8-21-17/h1,3,5-8,10-11H,2,4,9H2. The Bertz CT molecular complexity index is 671. The Morgan fingerprint density at radius 3 is 2.95 bits per heavy atom. The minimum atomic E-state index is 0.818. The average molecular weight is 457 g/mol. The molecule has 1 aliphatic carbocycles.